The molecule has 4 aromatic rings. The topological polar surface area (TPSA) is 42.4 Å². The Balaban J connectivity index is 1.42. The lowest BCUT2D eigenvalue weighted by atomic mass is 9.75. The van der Waals surface area contributed by atoms with Crippen LogP contribution < -0.4 is 0 Å². The Kier molecular flexibility index (Phi) is 6.41. The van der Waals surface area contributed by atoms with Gasteiger partial charge < -0.3 is 9.64 Å². The first-order valence-electron chi connectivity index (χ1n) is 12.0. The van der Waals surface area contributed by atoms with Gasteiger partial charge in [0.1, 0.15) is 0 Å². The second kappa shape index (κ2) is 9.78. The molecule has 1 fully saturated rings. The SMILES string of the molecule is CC(C(=O)N1CCOCC(Cc2ccc3cnccc3c2)C1)(c1ccccc1)c1ccccc1. The van der Waals surface area contributed by atoms with Crippen molar-refractivity contribution in [3.63, 3.8) is 0 Å². The average molecular weight is 451 g/mol. The van der Waals surface area contributed by atoms with Gasteiger partial charge in [0.25, 0.3) is 0 Å². The van der Waals surface area contributed by atoms with E-state index in [2.05, 4.69) is 54.4 Å². The molecular formula is C30H30N2O2. The van der Waals surface area contributed by atoms with Crippen molar-refractivity contribution < 1.29 is 9.53 Å². The number of aromatic nitrogens is 1. The third-order valence-corrected chi connectivity index (χ3v) is 6.98. The van der Waals surface area contributed by atoms with E-state index in [0.29, 0.717) is 26.3 Å². The first-order valence-corrected chi connectivity index (χ1v) is 12.0. The monoisotopic (exact) mass is 450 g/mol. The Hall–Kier alpha value is -3.50. The number of benzene rings is 3. The fourth-order valence-electron chi connectivity index (χ4n) is 5.05. The van der Waals surface area contributed by atoms with Gasteiger partial charge in [-0.25, -0.2) is 0 Å². The van der Waals surface area contributed by atoms with E-state index in [1.807, 2.05) is 59.8 Å². The molecule has 1 atom stereocenters. The van der Waals surface area contributed by atoms with Gasteiger partial charge in [-0.05, 0) is 41.5 Å². The molecule has 0 spiro atoms. The van der Waals surface area contributed by atoms with E-state index in [-0.39, 0.29) is 11.8 Å². The van der Waals surface area contributed by atoms with E-state index in [0.717, 1.165) is 22.9 Å². The van der Waals surface area contributed by atoms with E-state index in [1.54, 1.807) is 0 Å². The normalized spacial score (nSPS) is 16.9. The number of nitrogens with zero attached hydrogens (tertiary/aromatic N) is 2. The molecule has 0 saturated carbocycles. The Morgan fingerprint density at radius 2 is 1.68 bits per heavy atom. The number of hydrogen-bond acceptors (Lipinski definition) is 3. The smallest absolute Gasteiger partial charge is 0.237 e. The maximum Gasteiger partial charge on any atom is 0.237 e. The molecule has 2 heterocycles. The summed E-state index contributed by atoms with van der Waals surface area (Å²) in [5.74, 6) is 0.367. The number of rotatable bonds is 5. The molecule has 0 aliphatic carbocycles. The Bertz CT molecular complexity index is 1220. The van der Waals surface area contributed by atoms with Crippen LogP contribution in [0.4, 0.5) is 0 Å². The highest BCUT2D eigenvalue weighted by molar-refractivity contribution is 5.91. The van der Waals surface area contributed by atoms with Gasteiger partial charge in [-0.3, -0.25) is 9.78 Å². The van der Waals surface area contributed by atoms with Crippen LogP contribution in [-0.4, -0.2) is 42.1 Å². The molecule has 4 heteroatoms. The van der Waals surface area contributed by atoms with Gasteiger partial charge in [0.2, 0.25) is 5.91 Å². The van der Waals surface area contributed by atoms with Crippen molar-refractivity contribution in [3.05, 3.63) is 114 Å². The molecular weight excluding hydrogens is 420 g/mol. The molecule has 0 radical (unpaired) electrons. The minimum absolute atomic E-state index is 0.130. The molecule has 4 nitrogen and oxygen atoms in total. The predicted octanol–water partition coefficient (Wildman–Crippen LogP) is 5.26. The highest BCUT2D eigenvalue weighted by Crippen LogP contribution is 2.34. The van der Waals surface area contributed by atoms with Gasteiger partial charge in [0.15, 0.2) is 0 Å². The molecule has 34 heavy (non-hydrogen) atoms. The summed E-state index contributed by atoms with van der Waals surface area (Å²) in [5.41, 5.74) is 2.52. The molecule has 0 N–H and O–H groups in total. The molecule has 1 aromatic heterocycles. The van der Waals surface area contributed by atoms with Crippen LogP contribution in [-0.2, 0) is 21.4 Å². The van der Waals surface area contributed by atoms with Gasteiger partial charge in [-0.1, -0.05) is 78.9 Å². The first-order chi connectivity index (χ1) is 16.6. The maximum absolute atomic E-state index is 14.2. The highest BCUT2D eigenvalue weighted by Gasteiger charge is 2.40. The number of pyridine rings is 1. The van der Waals surface area contributed by atoms with Crippen LogP contribution in [0.1, 0.15) is 23.6 Å². The van der Waals surface area contributed by atoms with E-state index in [4.69, 9.17) is 4.74 Å². The number of hydrogen-bond donors (Lipinski definition) is 0. The van der Waals surface area contributed by atoms with Crippen LogP contribution in [0.5, 0.6) is 0 Å². The van der Waals surface area contributed by atoms with Crippen molar-refractivity contribution in [2.75, 3.05) is 26.3 Å². The van der Waals surface area contributed by atoms with Gasteiger partial charge in [0, 0.05) is 36.8 Å². The molecule has 5 rings (SSSR count). The molecule has 1 aliphatic rings. The van der Waals surface area contributed by atoms with Crippen molar-refractivity contribution >= 4 is 16.7 Å². The Labute approximate surface area is 201 Å². The van der Waals surface area contributed by atoms with Crippen LogP contribution in [0.3, 0.4) is 0 Å². The summed E-state index contributed by atoms with van der Waals surface area (Å²) in [6.45, 7) is 4.56. The van der Waals surface area contributed by atoms with E-state index < -0.39 is 5.41 Å². The molecule has 0 bridgehead atoms. The predicted molar refractivity (Wildman–Crippen MR) is 136 cm³/mol. The van der Waals surface area contributed by atoms with Crippen molar-refractivity contribution in [2.24, 2.45) is 5.92 Å². The largest absolute Gasteiger partial charge is 0.379 e. The highest BCUT2D eigenvalue weighted by atomic mass is 16.5. The first kappa shape index (κ1) is 22.3. The van der Waals surface area contributed by atoms with Gasteiger partial charge in [-0.15, -0.1) is 0 Å². The van der Waals surface area contributed by atoms with Gasteiger partial charge in [-0.2, -0.15) is 0 Å². The van der Waals surface area contributed by atoms with E-state index in [9.17, 15) is 4.79 Å². The van der Waals surface area contributed by atoms with Crippen LogP contribution in [0.25, 0.3) is 10.8 Å². The second-order valence-electron chi connectivity index (χ2n) is 9.31. The average Bonchev–Trinajstić information content (AvgIpc) is 3.14. The molecule has 1 unspecified atom stereocenters. The van der Waals surface area contributed by atoms with Crippen molar-refractivity contribution in [3.8, 4) is 0 Å². The van der Waals surface area contributed by atoms with Gasteiger partial charge in [0.05, 0.1) is 18.6 Å². The van der Waals surface area contributed by atoms with Crippen LogP contribution in [0, 0.1) is 5.92 Å². The third kappa shape index (κ3) is 4.46. The summed E-state index contributed by atoms with van der Waals surface area (Å²) in [6.07, 6.45) is 4.59. The number of fused-ring (bicyclic) bond motifs is 1. The summed E-state index contributed by atoms with van der Waals surface area (Å²) in [5, 5.41) is 2.33. The standard InChI is InChI=1S/C30H30N2O2/c1-30(27-8-4-2-5-9-27,28-10-6-3-7-11-28)29(33)32-16-17-34-22-24(21-32)18-23-12-13-26-20-31-15-14-25(26)19-23/h2-15,19-20,24H,16-18,21-22H2,1H3. The van der Waals surface area contributed by atoms with Crippen molar-refractivity contribution in [1.29, 1.82) is 0 Å². The van der Waals surface area contributed by atoms with Crippen LogP contribution in [0.15, 0.2) is 97.3 Å². The fourth-order valence-corrected chi connectivity index (χ4v) is 5.05. The zero-order valence-corrected chi connectivity index (χ0v) is 19.6. The number of carbonyl (C=O) groups is 1. The summed E-state index contributed by atoms with van der Waals surface area (Å²) in [7, 11) is 0. The number of ether oxygens (including phenoxy) is 1. The van der Waals surface area contributed by atoms with E-state index >= 15 is 0 Å². The molecule has 172 valence electrons. The Morgan fingerprint density at radius 1 is 0.971 bits per heavy atom. The summed E-state index contributed by atoms with van der Waals surface area (Å²) < 4.78 is 5.97. The van der Waals surface area contributed by atoms with E-state index in [1.165, 1.54) is 10.9 Å². The summed E-state index contributed by atoms with van der Waals surface area (Å²) in [6, 6.07) is 28.8. The lowest BCUT2D eigenvalue weighted by Gasteiger charge is -2.36. The summed E-state index contributed by atoms with van der Waals surface area (Å²) in [4.78, 5) is 20.4. The third-order valence-electron chi connectivity index (χ3n) is 6.98. The quantitative estimate of drug-likeness (QED) is 0.417. The zero-order chi connectivity index (χ0) is 23.4. The molecule has 1 aliphatic heterocycles. The number of carbonyl (C=O) groups excluding carboxylic acids is 1. The summed E-state index contributed by atoms with van der Waals surface area (Å²) >= 11 is 0. The minimum atomic E-state index is -0.757. The molecule has 3 aromatic carbocycles. The van der Waals surface area contributed by atoms with Crippen LogP contribution >= 0.6 is 0 Å². The molecule has 1 saturated heterocycles. The van der Waals surface area contributed by atoms with Gasteiger partial charge >= 0.3 is 0 Å². The minimum Gasteiger partial charge on any atom is -0.379 e. The maximum atomic E-state index is 14.2. The second-order valence-corrected chi connectivity index (χ2v) is 9.31. The fraction of sp³-hybridized carbons (Fsp3) is 0.267. The van der Waals surface area contributed by atoms with Crippen molar-refractivity contribution in [2.45, 2.75) is 18.8 Å². The molecule has 1 amide bonds. The van der Waals surface area contributed by atoms with Crippen LogP contribution in [0.2, 0.25) is 0 Å². The lowest BCUT2D eigenvalue weighted by Crippen LogP contribution is -2.48. The Morgan fingerprint density at radius 3 is 2.38 bits per heavy atom. The lowest BCUT2D eigenvalue weighted by molar-refractivity contribution is -0.135. The number of amides is 1. The van der Waals surface area contributed by atoms with Crippen molar-refractivity contribution in [1.82, 2.24) is 9.88 Å². The zero-order valence-electron chi connectivity index (χ0n) is 19.6.